The zero-order valence-corrected chi connectivity index (χ0v) is 15.5. The van der Waals surface area contributed by atoms with Gasteiger partial charge in [0.05, 0.1) is 6.10 Å². The SMILES string of the molecule is CCP1CCC2C3CC=C4CC(O)CCC4(C)C3CCC21C. The summed E-state index contributed by atoms with van der Waals surface area (Å²) in [6, 6.07) is 0. The first-order chi connectivity index (χ1) is 10.5. The van der Waals surface area contributed by atoms with E-state index in [2.05, 4.69) is 26.8 Å². The fourth-order valence-corrected chi connectivity index (χ4v) is 10.3. The highest BCUT2D eigenvalue weighted by Crippen LogP contribution is 2.70. The minimum absolute atomic E-state index is 0.0656. The maximum absolute atomic E-state index is 10.1. The van der Waals surface area contributed by atoms with Crippen LogP contribution in [0.1, 0.15) is 65.7 Å². The molecule has 0 bridgehead atoms. The van der Waals surface area contributed by atoms with Crippen LogP contribution in [-0.2, 0) is 0 Å². The van der Waals surface area contributed by atoms with Gasteiger partial charge < -0.3 is 5.11 Å². The van der Waals surface area contributed by atoms with E-state index in [0.29, 0.717) is 10.6 Å². The quantitative estimate of drug-likeness (QED) is 0.522. The summed E-state index contributed by atoms with van der Waals surface area (Å²) in [6.45, 7) is 7.64. The Morgan fingerprint density at radius 3 is 2.77 bits per heavy atom. The molecular formula is C20H33OP. The van der Waals surface area contributed by atoms with E-state index >= 15 is 0 Å². The molecule has 2 heteroatoms. The molecule has 4 rings (SSSR count). The summed E-state index contributed by atoms with van der Waals surface area (Å²) in [4.78, 5) is 0. The molecule has 0 spiro atoms. The van der Waals surface area contributed by atoms with Crippen molar-refractivity contribution >= 4 is 7.92 Å². The zero-order chi connectivity index (χ0) is 15.5. The summed E-state index contributed by atoms with van der Waals surface area (Å²) in [5.41, 5.74) is 2.04. The van der Waals surface area contributed by atoms with Crippen LogP contribution in [0.2, 0.25) is 0 Å². The van der Waals surface area contributed by atoms with Crippen LogP contribution < -0.4 is 0 Å². The van der Waals surface area contributed by atoms with E-state index < -0.39 is 0 Å². The van der Waals surface area contributed by atoms with Crippen molar-refractivity contribution in [2.45, 2.75) is 77.0 Å². The van der Waals surface area contributed by atoms with Crippen molar-refractivity contribution < 1.29 is 5.11 Å². The molecule has 2 saturated carbocycles. The molecule has 3 fully saturated rings. The molecule has 1 N–H and O–H groups in total. The molecule has 0 radical (unpaired) electrons. The van der Waals surface area contributed by atoms with Crippen LogP contribution in [0.5, 0.6) is 0 Å². The molecule has 0 aromatic heterocycles. The minimum Gasteiger partial charge on any atom is -0.393 e. The van der Waals surface area contributed by atoms with Crippen LogP contribution >= 0.6 is 7.92 Å². The molecule has 4 aliphatic rings. The van der Waals surface area contributed by atoms with Crippen LogP contribution in [0.3, 0.4) is 0 Å². The van der Waals surface area contributed by atoms with E-state index in [1.807, 2.05) is 0 Å². The van der Waals surface area contributed by atoms with Gasteiger partial charge in [0.1, 0.15) is 0 Å². The number of fused-ring (bicyclic) bond motifs is 5. The van der Waals surface area contributed by atoms with Crippen LogP contribution in [0.15, 0.2) is 11.6 Å². The van der Waals surface area contributed by atoms with E-state index in [0.717, 1.165) is 30.6 Å². The van der Waals surface area contributed by atoms with Gasteiger partial charge in [-0.3, -0.25) is 0 Å². The molecular weight excluding hydrogens is 287 g/mol. The summed E-state index contributed by atoms with van der Waals surface area (Å²) in [5, 5.41) is 10.8. The van der Waals surface area contributed by atoms with Crippen LogP contribution in [0.25, 0.3) is 0 Å². The Hall–Kier alpha value is 0.130. The Kier molecular flexibility index (Phi) is 3.78. The first-order valence-corrected chi connectivity index (χ1v) is 11.3. The Balaban J connectivity index is 1.66. The lowest BCUT2D eigenvalue weighted by Crippen LogP contribution is -2.51. The third kappa shape index (κ3) is 2.04. The van der Waals surface area contributed by atoms with Gasteiger partial charge in [0, 0.05) is 0 Å². The minimum atomic E-state index is -0.0656. The van der Waals surface area contributed by atoms with Gasteiger partial charge in [-0.1, -0.05) is 32.4 Å². The van der Waals surface area contributed by atoms with Crippen molar-refractivity contribution in [2.75, 3.05) is 12.3 Å². The topological polar surface area (TPSA) is 20.2 Å². The van der Waals surface area contributed by atoms with E-state index in [4.69, 9.17) is 0 Å². The largest absolute Gasteiger partial charge is 0.393 e. The predicted octanol–water partition coefficient (Wildman–Crippen LogP) is 5.17. The fourth-order valence-electron chi connectivity index (χ4n) is 6.93. The summed E-state index contributed by atoms with van der Waals surface area (Å²) in [6.07, 6.45) is 14.5. The summed E-state index contributed by atoms with van der Waals surface area (Å²) >= 11 is 0. The molecule has 1 aliphatic heterocycles. The lowest BCUT2D eigenvalue weighted by atomic mass is 9.50. The lowest BCUT2D eigenvalue weighted by Gasteiger charge is -2.58. The van der Waals surface area contributed by atoms with Gasteiger partial charge in [0.2, 0.25) is 0 Å². The lowest BCUT2D eigenvalue weighted by molar-refractivity contribution is -0.00103. The summed E-state index contributed by atoms with van der Waals surface area (Å²) in [5.74, 6) is 2.85. The molecule has 7 atom stereocenters. The van der Waals surface area contributed by atoms with Gasteiger partial charge in [-0.05, 0) is 85.6 Å². The van der Waals surface area contributed by atoms with Crippen molar-refractivity contribution in [1.29, 1.82) is 0 Å². The first kappa shape index (κ1) is 15.6. The summed E-state index contributed by atoms with van der Waals surface area (Å²) < 4.78 is 0. The van der Waals surface area contributed by atoms with Crippen molar-refractivity contribution in [3.8, 4) is 0 Å². The highest BCUT2D eigenvalue weighted by Gasteiger charge is 2.57. The third-order valence-electron chi connectivity index (χ3n) is 8.25. The molecule has 124 valence electrons. The highest BCUT2D eigenvalue weighted by atomic mass is 31.1. The standard InChI is InChI=1S/C20H33OP/c1-4-22-12-9-18-16-6-5-14-13-15(21)7-10-19(14,2)17(16)8-11-20(18,22)3/h5,15-18,21H,4,6-13H2,1-3H3. The second-order valence-electron chi connectivity index (χ2n) is 8.92. The Labute approximate surface area is 137 Å². The van der Waals surface area contributed by atoms with Gasteiger partial charge in [-0.2, -0.15) is 0 Å². The molecule has 7 unspecified atom stereocenters. The van der Waals surface area contributed by atoms with E-state index in [-0.39, 0.29) is 14.0 Å². The maximum Gasteiger partial charge on any atom is 0.0577 e. The second kappa shape index (κ2) is 5.32. The van der Waals surface area contributed by atoms with Crippen LogP contribution in [-0.4, -0.2) is 28.7 Å². The average Bonchev–Trinajstić information content (AvgIpc) is 2.84. The van der Waals surface area contributed by atoms with Crippen molar-refractivity contribution in [3.05, 3.63) is 11.6 Å². The third-order valence-corrected chi connectivity index (χ3v) is 11.8. The molecule has 3 aliphatic carbocycles. The number of rotatable bonds is 1. The molecule has 1 saturated heterocycles. The Morgan fingerprint density at radius 2 is 2.00 bits per heavy atom. The average molecular weight is 320 g/mol. The van der Waals surface area contributed by atoms with Crippen molar-refractivity contribution in [3.63, 3.8) is 0 Å². The number of aliphatic hydroxyl groups excluding tert-OH is 1. The molecule has 1 nitrogen and oxygen atoms in total. The van der Waals surface area contributed by atoms with E-state index in [1.165, 1.54) is 38.3 Å². The Morgan fingerprint density at radius 1 is 1.18 bits per heavy atom. The van der Waals surface area contributed by atoms with E-state index in [1.54, 1.807) is 11.7 Å². The molecule has 22 heavy (non-hydrogen) atoms. The summed E-state index contributed by atoms with van der Waals surface area (Å²) in [7, 11) is 0.282. The molecule has 0 amide bonds. The smallest absolute Gasteiger partial charge is 0.0577 e. The number of aliphatic hydroxyl groups is 1. The number of hydrogen-bond acceptors (Lipinski definition) is 1. The van der Waals surface area contributed by atoms with E-state index in [9.17, 15) is 5.11 Å². The number of allylic oxidation sites excluding steroid dienone is 1. The molecule has 0 aromatic rings. The second-order valence-corrected chi connectivity index (χ2v) is 12.1. The zero-order valence-electron chi connectivity index (χ0n) is 14.6. The van der Waals surface area contributed by atoms with Gasteiger partial charge in [0.15, 0.2) is 0 Å². The number of hydrogen-bond donors (Lipinski definition) is 1. The van der Waals surface area contributed by atoms with Gasteiger partial charge in [-0.15, -0.1) is 7.92 Å². The molecule has 1 heterocycles. The van der Waals surface area contributed by atoms with Crippen molar-refractivity contribution in [2.24, 2.45) is 23.2 Å². The first-order valence-electron chi connectivity index (χ1n) is 9.61. The van der Waals surface area contributed by atoms with Gasteiger partial charge in [-0.25, -0.2) is 0 Å². The Bertz CT molecular complexity index is 486. The van der Waals surface area contributed by atoms with Crippen LogP contribution in [0, 0.1) is 23.2 Å². The highest BCUT2D eigenvalue weighted by molar-refractivity contribution is 7.59. The normalized spacial score (nSPS) is 54.2. The van der Waals surface area contributed by atoms with Crippen molar-refractivity contribution in [1.82, 2.24) is 0 Å². The predicted molar refractivity (Wildman–Crippen MR) is 95.7 cm³/mol. The van der Waals surface area contributed by atoms with Crippen LogP contribution in [0.4, 0.5) is 0 Å². The monoisotopic (exact) mass is 320 g/mol. The maximum atomic E-state index is 10.1. The van der Waals surface area contributed by atoms with Gasteiger partial charge >= 0.3 is 0 Å². The molecule has 0 aromatic carbocycles. The van der Waals surface area contributed by atoms with Gasteiger partial charge in [0.25, 0.3) is 0 Å². The fraction of sp³-hybridized carbons (Fsp3) is 0.900.